The third-order valence-electron chi connectivity index (χ3n) is 10.1. The number of hydrogen-bond donors (Lipinski definition) is 0. The molecule has 1 fully saturated rings. The topological polar surface area (TPSA) is 31.4 Å². The fourth-order valence-corrected chi connectivity index (χ4v) is 8.31. The molecule has 2 unspecified atom stereocenters. The Labute approximate surface area is 245 Å². The van der Waals surface area contributed by atoms with Gasteiger partial charge in [-0.05, 0) is 78.4 Å². The van der Waals surface area contributed by atoms with Crippen molar-refractivity contribution in [2.24, 2.45) is 5.41 Å². The number of ether oxygens (including phenoxy) is 1. The normalized spacial score (nSPS) is 24.0. The standard InChI is InChI=1S/C34H48F3NO2Si/c1-21(2)29-27-28(26-24(38-29)19-32(6,7)20-25(26)40-41(8,9)31(3,4)5)33(17-11-10-12-18-33)39-30(27)22-13-15-23(16-14-22)34(35,36)37/h13-16,21,25,30H,10-12,17-20H2,1-9H3. The average Bonchev–Trinajstić information content (AvgIpc) is 3.15. The molecule has 2 aliphatic carbocycles. The second kappa shape index (κ2) is 10.2. The lowest BCUT2D eigenvalue weighted by Crippen LogP contribution is -2.44. The number of aromatic nitrogens is 1. The van der Waals surface area contributed by atoms with Crippen LogP contribution in [0.25, 0.3) is 0 Å². The van der Waals surface area contributed by atoms with Crippen LogP contribution in [0.5, 0.6) is 0 Å². The highest BCUT2D eigenvalue weighted by Crippen LogP contribution is 2.60. The quantitative estimate of drug-likeness (QED) is 0.334. The lowest BCUT2D eigenvalue weighted by molar-refractivity contribution is -0.137. The van der Waals surface area contributed by atoms with Crippen LogP contribution in [0.1, 0.15) is 144 Å². The number of nitrogens with zero attached hydrogens (tertiary/aromatic N) is 1. The first kappa shape index (κ1) is 30.7. The molecule has 1 saturated carbocycles. The first-order valence-electron chi connectivity index (χ1n) is 15.5. The lowest BCUT2D eigenvalue weighted by atomic mass is 9.68. The highest BCUT2D eigenvalue weighted by Gasteiger charge is 2.53. The molecule has 3 nitrogen and oxygen atoms in total. The minimum absolute atomic E-state index is 0.0432. The first-order chi connectivity index (χ1) is 18.9. The number of halogens is 3. The molecule has 0 radical (unpaired) electrons. The predicted octanol–water partition coefficient (Wildman–Crippen LogP) is 10.5. The maximum Gasteiger partial charge on any atom is 0.416 e. The number of pyridine rings is 1. The molecule has 2 atom stereocenters. The molecule has 3 aliphatic rings. The largest absolute Gasteiger partial charge is 0.416 e. The van der Waals surface area contributed by atoms with Crippen LogP contribution in [0.2, 0.25) is 18.1 Å². The second-order valence-electron chi connectivity index (χ2n) is 15.4. The number of benzene rings is 1. The number of hydrogen-bond acceptors (Lipinski definition) is 3. The molecule has 41 heavy (non-hydrogen) atoms. The summed E-state index contributed by atoms with van der Waals surface area (Å²) in [5, 5.41) is 0.0605. The van der Waals surface area contributed by atoms with Crippen LogP contribution in [-0.2, 0) is 27.4 Å². The van der Waals surface area contributed by atoms with E-state index in [0.717, 1.165) is 61.0 Å². The van der Waals surface area contributed by atoms with Gasteiger partial charge in [0, 0.05) is 22.5 Å². The van der Waals surface area contributed by atoms with Crippen LogP contribution in [0.4, 0.5) is 13.2 Å². The monoisotopic (exact) mass is 587 g/mol. The Kier molecular flexibility index (Phi) is 7.64. The molecule has 1 spiro atoms. The summed E-state index contributed by atoms with van der Waals surface area (Å²) in [7, 11) is -2.13. The van der Waals surface area contributed by atoms with E-state index in [4.69, 9.17) is 14.1 Å². The van der Waals surface area contributed by atoms with Gasteiger partial charge in [0.15, 0.2) is 8.32 Å². The second-order valence-corrected chi connectivity index (χ2v) is 20.1. The van der Waals surface area contributed by atoms with E-state index in [1.54, 1.807) is 12.1 Å². The van der Waals surface area contributed by atoms with Crippen LogP contribution in [0.15, 0.2) is 24.3 Å². The van der Waals surface area contributed by atoms with Gasteiger partial charge in [0.2, 0.25) is 0 Å². The summed E-state index contributed by atoms with van der Waals surface area (Å²) in [4.78, 5) is 5.41. The van der Waals surface area contributed by atoms with E-state index >= 15 is 0 Å². The zero-order valence-corrected chi connectivity index (χ0v) is 27.4. The number of fused-ring (bicyclic) bond motifs is 4. The molecule has 0 N–H and O–H groups in total. The van der Waals surface area contributed by atoms with Crippen LogP contribution < -0.4 is 0 Å². The fourth-order valence-electron chi connectivity index (χ4n) is 7.04. The summed E-state index contributed by atoms with van der Waals surface area (Å²) < 4.78 is 54.8. The van der Waals surface area contributed by atoms with Crippen LogP contribution >= 0.6 is 0 Å². The van der Waals surface area contributed by atoms with Gasteiger partial charge in [-0.2, -0.15) is 13.2 Å². The average molecular weight is 588 g/mol. The highest BCUT2D eigenvalue weighted by molar-refractivity contribution is 6.74. The maximum absolute atomic E-state index is 13.5. The van der Waals surface area contributed by atoms with Crippen LogP contribution in [-0.4, -0.2) is 13.3 Å². The van der Waals surface area contributed by atoms with Crippen molar-refractivity contribution in [3.8, 4) is 0 Å². The molecule has 5 rings (SSSR count). The first-order valence-corrected chi connectivity index (χ1v) is 18.4. The Hall–Kier alpha value is -1.70. The minimum Gasteiger partial charge on any atom is -0.410 e. The molecule has 0 bridgehead atoms. The molecule has 0 saturated heterocycles. The van der Waals surface area contributed by atoms with Crippen molar-refractivity contribution in [1.29, 1.82) is 0 Å². The molecule has 1 aliphatic heterocycles. The fraction of sp³-hybridized carbons (Fsp3) is 0.676. The summed E-state index contributed by atoms with van der Waals surface area (Å²) >= 11 is 0. The van der Waals surface area contributed by atoms with Crippen molar-refractivity contribution in [1.82, 2.24) is 4.98 Å². The minimum atomic E-state index is -4.37. The molecular weight excluding hydrogens is 539 g/mol. The Morgan fingerprint density at radius 2 is 1.59 bits per heavy atom. The van der Waals surface area contributed by atoms with E-state index in [9.17, 15) is 13.2 Å². The SMILES string of the molecule is CC(C)c1nc2c(c3c1C(c1ccc(C(F)(F)F)cc1)OC31CCCCC1)C(O[Si](C)(C)C(C)(C)C)CC(C)(C)C2. The molecule has 226 valence electrons. The lowest BCUT2D eigenvalue weighted by Gasteiger charge is -2.46. The van der Waals surface area contributed by atoms with Crippen molar-refractivity contribution in [3.63, 3.8) is 0 Å². The highest BCUT2D eigenvalue weighted by atomic mass is 28.4. The predicted molar refractivity (Wildman–Crippen MR) is 161 cm³/mol. The summed E-state index contributed by atoms with van der Waals surface area (Å²) in [6.07, 6.45) is 2.07. The van der Waals surface area contributed by atoms with Gasteiger partial charge in [0.25, 0.3) is 0 Å². The summed E-state index contributed by atoms with van der Waals surface area (Å²) in [6.45, 7) is 20.5. The van der Waals surface area contributed by atoms with Crippen molar-refractivity contribution < 1.29 is 22.3 Å². The number of alkyl halides is 3. The molecule has 0 amide bonds. The Morgan fingerprint density at radius 3 is 2.12 bits per heavy atom. The van der Waals surface area contributed by atoms with Crippen molar-refractivity contribution in [2.45, 2.75) is 141 Å². The van der Waals surface area contributed by atoms with E-state index in [0.29, 0.717) is 0 Å². The molecule has 2 aromatic rings. The Bertz CT molecular complexity index is 1290. The zero-order chi connectivity index (χ0) is 30.2. The van der Waals surface area contributed by atoms with Gasteiger partial charge in [-0.25, -0.2) is 0 Å². The van der Waals surface area contributed by atoms with Crippen molar-refractivity contribution in [3.05, 3.63) is 63.5 Å². The van der Waals surface area contributed by atoms with Gasteiger partial charge in [-0.15, -0.1) is 0 Å². The Morgan fingerprint density at radius 1 is 0.976 bits per heavy atom. The summed E-state index contributed by atoms with van der Waals surface area (Å²) in [6, 6.07) is 5.60. The van der Waals surface area contributed by atoms with E-state index < -0.39 is 31.8 Å². The van der Waals surface area contributed by atoms with Gasteiger partial charge < -0.3 is 9.16 Å². The Balaban J connectivity index is 1.76. The third kappa shape index (κ3) is 5.56. The summed E-state index contributed by atoms with van der Waals surface area (Å²) in [5.41, 5.74) is 5.44. The molecule has 2 heterocycles. The maximum atomic E-state index is 13.5. The molecule has 1 aromatic heterocycles. The molecule has 7 heteroatoms. The number of rotatable bonds is 4. The van der Waals surface area contributed by atoms with E-state index in [1.165, 1.54) is 29.7 Å². The van der Waals surface area contributed by atoms with E-state index in [-0.39, 0.29) is 22.5 Å². The molecule has 1 aromatic carbocycles. The van der Waals surface area contributed by atoms with E-state index in [2.05, 4.69) is 61.6 Å². The van der Waals surface area contributed by atoms with Crippen LogP contribution in [0, 0.1) is 5.41 Å². The van der Waals surface area contributed by atoms with Crippen molar-refractivity contribution in [2.75, 3.05) is 0 Å². The van der Waals surface area contributed by atoms with Crippen LogP contribution in [0.3, 0.4) is 0 Å². The smallest absolute Gasteiger partial charge is 0.410 e. The van der Waals surface area contributed by atoms with Crippen molar-refractivity contribution >= 4 is 8.32 Å². The van der Waals surface area contributed by atoms with Gasteiger partial charge >= 0.3 is 6.18 Å². The van der Waals surface area contributed by atoms with E-state index in [1.807, 2.05) is 0 Å². The zero-order valence-electron chi connectivity index (χ0n) is 26.4. The summed E-state index contributed by atoms with van der Waals surface area (Å²) in [5.74, 6) is 0.151. The molecular formula is C34H48F3NO2Si. The third-order valence-corrected chi connectivity index (χ3v) is 14.6. The van der Waals surface area contributed by atoms with Gasteiger partial charge in [-0.1, -0.05) is 79.9 Å². The van der Waals surface area contributed by atoms with Gasteiger partial charge in [0.1, 0.15) is 6.10 Å². The van der Waals surface area contributed by atoms with Gasteiger partial charge in [-0.3, -0.25) is 4.98 Å². The van der Waals surface area contributed by atoms with Gasteiger partial charge in [0.05, 0.1) is 17.3 Å².